The molecule has 0 unspecified atom stereocenters. The van der Waals surface area contributed by atoms with E-state index in [0.29, 0.717) is 102 Å². The summed E-state index contributed by atoms with van der Waals surface area (Å²) < 4.78 is 179. The molecular weight excluding hydrogens is 1110 g/mol. The molecule has 0 bridgehead atoms. The van der Waals surface area contributed by atoms with Crippen molar-refractivity contribution in [1.29, 1.82) is 0 Å². The first-order valence-electron chi connectivity index (χ1n) is 25.6. The lowest BCUT2D eigenvalue weighted by atomic mass is 9.93. The maximum Gasteiger partial charge on any atom is 0.416 e. The van der Waals surface area contributed by atoms with Crippen LogP contribution in [0.1, 0.15) is 22.3 Å². The molecule has 18 heteroatoms. The SMILES string of the molecule is FC(F)(F)c1cc(-c2cc(-c3ccccc3-c3ccc4oc5c(-c6ccc(-c7ccnc8c7oc7ccc(-c9ccccc9-c9ccnc(-c%10cc(C(F)(F)F)cc(C(F)(F)F)c%10)c9)cc78)cc6)ccnc5c4c3)ccn2)cc(C(F)(F)F)c1. The average Bonchev–Trinajstić information content (AvgIpc) is 2.14. The molecule has 6 nitrogen and oxygen atoms in total. The van der Waals surface area contributed by atoms with Gasteiger partial charge in [0.1, 0.15) is 22.2 Å². The van der Waals surface area contributed by atoms with Gasteiger partial charge in [0.25, 0.3) is 0 Å². The van der Waals surface area contributed by atoms with Gasteiger partial charge in [-0.1, -0.05) is 84.9 Å². The van der Waals surface area contributed by atoms with Gasteiger partial charge in [0.15, 0.2) is 11.2 Å². The van der Waals surface area contributed by atoms with Crippen LogP contribution < -0.4 is 0 Å². The minimum atomic E-state index is -5.03. The summed E-state index contributed by atoms with van der Waals surface area (Å²) in [6, 6.07) is 46.1. The van der Waals surface area contributed by atoms with Gasteiger partial charge < -0.3 is 8.83 Å². The van der Waals surface area contributed by atoms with Crippen molar-refractivity contribution in [2.45, 2.75) is 24.7 Å². The second-order valence-corrected chi connectivity index (χ2v) is 19.8. The van der Waals surface area contributed by atoms with E-state index in [9.17, 15) is 52.7 Å². The lowest BCUT2D eigenvalue weighted by molar-refractivity contribution is -0.144. The Labute approximate surface area is 467 Å². The van der Waals surface area contributed by atoms with Crippen LogP contribution in [-0.4, -0.2) is 19.9 Å². The predicted molar refractivity (Wildman–Crippen MR) is 296 cm³/mol. The van der Waals surface area contributed by atoms with Crippen LogP contribution in [0, 0.1) is 0 Å². The summed E-state index contributed by atoms with van der Waals surface area (Å²) in [4.78, 5) is 17.8. The van der Waals surface area contributed by atoms with Crippen LogP contribution in [0.25, 0.3) is 133 Å². The third-order valence-corrected chi connectivity index (χ3v) is 14.6. The third-order valence-electron chi connectivity index (χ3n) is 14.6. The van der Waals surface area contributed by atoms with Gasteiger partial charge in [0.05, 0.1) is 33.6 Å². The quantitative estimate of drug-likeness (QED) is 0.141. The molecule has 0 aliphatic rings. The van der Waals surface area contributed by atoms with Crippen LogP contribution in [0.3, 0.4) is 0 Å². The summed E-state index contributed by atoms with van der Waals surface area (Å²) in [7, 11) is 0. The summed E-state index contributed by atoms with van der Waals surface area (Å²) in [5, 5.41) is 1.38. The first kappa shape index (κ1) is 53.2. The topological polar surface area (TPSA) is 77.8 Å². The highest BCUT2D eigenvalue weighted by molar-refractivity contribution is 6.10. The number of hydrogen-bond acceptors (Lipinski definition) is 6. The van der Waals surface area contributed by atoms with Crippen LogP contribution in [0.2, 0.25) is 0 Å². The molecule has 6 aromatic heterocycles. The van der Waals surface area contributed by atoms with Crippen molar-refractivity contribution in [1.82, 2.24) is 19.9 Å². The van der Waals surface area contributed by atoms with E-state index in [1.54, 1.807) is 48.8 Å². The van der Waals surface area contributed by atoms with Gasteiger partial charge in [0, 0.05) is 57.8 Å². The summed E-state index contributed by atoms with van der Waals surface area (Å²) in [6.45, 7) is 0. The molecule has 0 saturated heterocycles. The van der Waals surface area contributed by atoms with Gasteiger partial charge in [-0.25, -0.2) is 0 Å². The van der Waals surface area contributed by atoms with Gasteiger partial charge in [0.2, 0.25) is 0 Å². The predicted octanol–water partition coefficient (Wildman–Crippen LogP) is 20.5. The number of aromatic nitrogens is 4. The molecule has 13 rings (SSSR count). The van der Waals surface area contributed by atoms with E-state index in [1.165, 1.54) is 24.5 Å². The number of benzene rings is 7. The molecule has 0 fully saturated rings. The molecule has 0 N–H and O–H groups in total. The molecule has 6 heterocycles. The van der Waals surface area contributed by atoms with Gasteiger partial charge in [-0.05, 0) is 153 Å². The molecular formula is C66H34F12N4O2. The molecule has 0 atom stereocenters. The van der Waals surface area contributed by atoms with E-state index >= 15 is 0 Å². The summed E-state index contributed by atoms with van der Waals surface area (Å²) in [5.74, 6) is 0. The van der Waals surface area contributed by atoms with Gasteiger partial charge in [-0.15, -0.1) is 0 Å². The molecule has 0 aliphatic carbocycles. The van der Waals surface area contributed by atoms with Crippen molar-refractivity contribution in [3.63, 3.8) is 0 Å². The van der Waals surface area contributed by atoms with Crippen molar-refractivity contribution < 1.29 is 61.5 Å². The summed E-state index contributed by atoms with van der Waals surface area (Å²) in [6.07, 6.45) is -14.1. The smallest absolute Gasteiger partial charge is 0.416 e. The fourth-order valence-electron chi connectivity index (χ4n) is 10.6. The zero-order valence-corrected chi connectivity index (χ0v) is 42.8. The van der Waals surface area contributed by atoms with Crippen molar-refractivity contribution >= 4 is 44.1 Å². The van der Waals surface area contributed by atoms with Crippen molar-refractivity contribution in [3.05, 3.63) is 229 Å². The van der Waals surface area contributed by atoms with Crippen LogP contribution in [-0.2, 0) is 24.7 Å². The van der Waals surface area contributed by atoms with E-state index in [-0.39, 0.29) is 34.6 Å². The number of halogens is 12. The maximum absolute atomic E-state index is 13.8. The highest BCUT2D eigenvalue weighted by Crippen LogP contribution is 2.45. The molecule has 414 valence electrons. The van der Waals surface area contributed by atoms with E-state index in [2.05, 4.69) is 9.97 Å². The van der Waals surface area contributed by atoms with Crippen molar-refractivity contribution in [2.75, 3.05) is 0 Å². The Kier molecular flexibility index (Phi) is 12.6. The van der Waals surface area contributed by atoms with Gasteiger partial charge >= 0.3 is 24.7 Å². The highest BCUT2D eigenvalue weighted by Gasteiger charge is 2.39. The molecule has 0 spiro atoms. The number of nitrogens with zero attached hydrogens (tertiary/aromatic N) is 4. The Morgan fingerprint density at radius 2 is 0.571 bits per heavy atom. The first-order chi connectivity index (χ1) is 40.1. The van der Waals surface area contributed by atoms with Gasteiger partial charge in [-0.3, -0.25) is 19.9 Å². The Hall–Kier alpha value is -10.1. The summed E-state index contributed by atoms with van der Waals surface area (Å²) >= 11 is 0. The van der Waals surface area contributed by atoms with Crippen molar-refractivity contribution in [2.24, 2.45) is 0 Å². The van der Waals surface area contributed by atoms with Crippen LogP contribution >= 0.6 is 0 Å². The van der Waals surface area contributed by atoms with Crippen molar-refractivity contribution in [3.8, 4) is 89.3 Å². The van der Waals surface area contributed by atoms with Crippen LogP contribution in [0.5, 0.6) is 0 Å². The first-order valence-corrected chi connectivity index (χ1v) is 25.6. The standard InChI is InChI=1S/C66H34F12N4O2/c67-63(68,69)43-25-41(26-44(33-43)64(70,71)72)55-31-39(17-21-79-55)49-7-3-1-5-47(49)37-13-15-57-53(29-37)59-61(83-57)51(19-23-81-59)35-9-11-36(12-10-35)52-20-24-82-60-54-30-38(14-16-58(54)84-62(52)60)48-6-2-4-8-50(48)40-18-22-80-56(32-40)42-27-45(65(73,74)75)34-46(28-42)66(76,77)78/h1-34H. The number of fused-ring (bicyclic) bond motifs is 6. The fourth-order valence-corrected chi connectivity index (χ4v) is 10.6. The minimum Gasteiger partial charge on any atom is -0.454 e. The minimum absolute atomic E-state index is 0.0786. The lowest BCUT2D eigenvalue weighted by Crippen LogP contribution is -2.11. The number of pyridine rings is 4. The van der Waals surface area contributed by atoms with E-state index < -0.39 is 47.0 Å². The second-order valence-electron chi connectivity index (χ2n) is 19.8. The van der Waals surface area contributed by atoms with E-state index in [0.717, 1.165) is 33.4 Å². The molecule has 0 saturated carbocycles. The summed E-state index contributed by atoms with van der Waals surface area (Å²) in [5.41, 5.74) is 4.98. The molecule has 84 heavy (non-hydrogen) atoms. The van der Waals surface area contributed by atoms with E-state index in [4.69, 9.17) is 18.8 Å². The molecule has 0 aliphatic heterocycles. The number of alkyl halides is 12. The zero-order valence-electron chi connectivity index (χ0n) is 42.8. The Balaban J connectivity index is 0.800. The highest BCUT2D eigenvalue weighted by atomic mass is 19.4. The van der Waals surface area contributed by atoms with E-state index in [1.807, 2.05) is 97.1 Å². The molecule has 0 amide bonds. The number of hydrogen-bond donors (Lipinski definition) is 0. The number of furan rings is 2. The Morgan fingerprint density at radius 3 is 0.905 bits per heavy atom. The molecule has 0 radical (unpaired) electrons. The lowest BCUT2D eigenvalue weighted by Gasteiger charge is -2.15. The maximum atomic E-state index is 13.8. The average molecular weight is 1140 g/mol. The number of rotatable bonds is 8. The van der Waals surface area contributed by atoms with Crippen LogP contribution in [0.4, 0.5) is 52.7 Å². The normalized spacial score (nSPS) is 12.5. The third kappa shape index (κ3) is 9.81. The largest absolute Gasteiger partial charge is 0.454 e. The monoisotopic (exact) mass is 1140 g/mol. The zero-order chi connectivity index (χ0) is 58.5. The molecule has 13 aromatic rings. The van der Waals surface area contributed by atoms with Gasteiger partial charge in [-0.2, -0.15) is 52.7 Å². The fraction of sp³-hybridized carbons (Fsp3) is 0.0606. The second kappa shape index (κ2) is 19.8. The van der Waals surface area contributed by atoms with Crippen LogP contribution in [0.15, 0.2) is 216 Å². The molecule has 7 aromatic carbocycles. The Bertz CT molecular complexity index is 4390. The Morgan fingerprint density at radius 1 is 0.262 bits per heavy atom.